The van der Waals surface area contributed by atoms with E-state index in [1.54, 1.807) is 6.07 Å². The van der Waals surface area contributed by atoms with Crippen molar-refractivity contribution in [2.45, 2.75) is 26.7 Å². The molecule has 0 aliphatic carbocycles. The first-order valence-corrected chi connectivity index (χ1v) is 5.86. The van der Waals surface area contributed by atoms with Crippen LogP contribution in [0.3, 0.4) is 0 Å². The van der Waals surface area contributed by atoms with Crippen molar-refractivity contribution in [1.82, 2.24) is 5.32 Å². The summed E-state index contributed by atoms with van der Waals surface area (Å²) < 4.78 is 0. The summed E-state index contributed by atoms with van der Waals surface area (Å²) in [5, 5.41) is 14.0. The summed E-state index contributed by atoms with van der Waals surface area (Å²) in [5.74, 6) is 0.0769. The fraction of sp³-hybridized carbons (Fsp3) is 0.385. The van der Waals surface area contributed by atoms with Gasteiger partial charge in [-0.25, -0.2) is 0 Å². The standard InChI is InChI=1S/C13H19N3O2/c1-9-5-6-11(8-10(9)2)13(17)15-7-3-4-12(14)16-18/h5-6,8,18H,3-4,7H2,1-2H3,(H2,14,16)(H,15,17). The molecule has 0 aliphatic heterocycles. The minimum absolute atomic E-state index is 0.0994. The van der Waals surface area contributed by atoms with Gasteiger partial charge < -0.3 is 16.3 Å². The van der Waals surface area contributed by atoms with Crippen LogP contribution in [-0.2, 0) is 0 Å². The zero-order valence-electron chi connectivity index (χ0n) is 10.7. The molecule has 1 amide bonds. The predicted molar refractivity (Wildman–Crippen MR) is 70.9 cm³/mol. The van der Waals surface area contributed by atoms with E-state index in [2.05, 4.69) is 10.5 Å². The van der Waals surface area contributed by atoms with E-state index in [1.165, 1.54) is 5.56 Å². The van der Waals surface area contributed by atoms with E-state index in [0.29, 0.717) is 24.9 Å². The number of aryl methyl sites for hydroxylation is 2. The Hall–Kier alpha value is -2.04. The van der Waals surface area contributed by atoms with Crippen molar-refractivity contribution in [3.05, 3.63) is 34.9 Å². The van der Waals surface area contributed by atoms with Crippen LogP contribution in [0, 0.1) is 13.8 Å². The molecule has 5 nitrogen and oxygen atoms in total. The van der Waals surface area contributed by atoms with E-state index in [-0.39, 0.29) is 11.7 Å². The van der Waals surface area contributed by atoms with Crippen LogP contribution in [0.15, 0.2) is 23.4 Å². The maximum Gasteiger partial charge on any atom is 0.251 e. The molecule has 0 aromatic heterocycles. The van der Waals surface area contributed by atoms with Crippen LogP contribution in [0.4, 0.5) is 0 Å². The molecule has 0 aliphatic rings. The Labute approximate surface area is 107 Å². The largest absolute Gasteiger partial charge is 0.409 e. The fourth-order valence-electron chi connectivity index (χ4n) is 1.51. The maximum atomic E-state index is 11.8. The number of amidine groups is 1. The van der Waals surface area contributed by atoms with Gasteiger partial charge in [0.2, 0.25) is 0 Å². The predicted octanol–water partition coefficient (Wildman–Crippen LogP) is 1.56. The van der Waals surface area contributed by atoms with Crippen molar-refractivity contribution in [2.75, 3.05) is 6.54 Å². The van der Waals surface area contributed by atoms with Crippen molar-refractivity contribution < 1.29 is 10.0 Å². The molecule has 1 aromatic rings. The first-order valence-electron chi connectivity index (χ1n) is 5.86. The number of hydrogen-bond donors (Lipinski definition) is 3. The van der Waals surface area contributed by atoms with Gasteiger partial charge in [0.05, 0.1) is 0 Å². The highest BCUT2D eigenvalue weighted by Crippen LogP contribution is 2.09. The molecule has 18 heavy (non-hydrogen) atoms. The van der Waals surface area contributed by atoms with Crippen LogP contribution in [-0.4, -0.2) is 23.5 Å². The van der Waals surface area contributed by atoms with Crippen LogP contribution in [0.5, 0.6) is 0 Å². The third-order valence-electron chi connectivity index (χ3n) is 2.79. The normalized spacial score (nSPS) is 11.3. The molecule has 0 heterocycles. The number of benzene rings is 1. The zero-order chi connectivity index (χ0) is 13.5. The summed E-state index contributed by atoms with van der Waals surface area (Å²) in [4.78, 5) is 11.8. The molecule has 0 atom stereocenters. The van der Waals surface area contributed by atoms with Gasteiger partial charge in [0, 0.05) is 18.5 Å². The minimum atomic E-state index is -0.0994. The summed E-state index contributed by atoms with van der Waals surface area (Å²) in [7, 11) is 0. The van der Waals surface area contributed by atoms with Gasteiger partial charge in [-0.15, -0.1) is 0 Å². The summed E-state index contributed by atoms with van der Waals surface area (Å²) in [6.07, 6.45) is 1.11. The summed E-state index contributed by atoms with van der Waals surface area (Å²) in [5.41, 5.74) is 8.24. The number of hydrogen-bond acceptors (Lipinski definition) is 3. The second kappa shape index (κ2) is 6.64. The summed E-state index contributed by atoms with van der Waals surface area (Å²) in [6, 6.07) is 5.61. The number of nitrogens with zero attached hydrogens (tertiary/aromatic N) is 1. The molecule has 0 fully saturated rings. The first kappa shape index (κ1) is 14.0. The Morgan fingerprint density at radius 1 is 1.39 bits per heavy atom. The molecule has 1 aromatic carbocycles. The van der Waals surface area contributed by atoms with Gasteiger partial charge in [-0.1, -0.05) is 11.2 Å². The van der Waals surface area contributed by atoms with Crippen molar-refractivity contribution in [1.29, 1.82) is 0 Å². The molecule has 0 saturated carbocycles. The van der Waals surface area contributed by atoms with Crippen molar-refractivity contribution >= 4 is 11.7 Å². The van der Waals surface area contributed by atoms with Gasteiger partial charge in [0.25, 0.3) is 5.91 Å². The Balaban J connectivity index is 2.43. The molecule has 4 N–H and O–H groups in total. The molecule has 0 unspecified atom stereocenters. The van der Waals surface area contributed by atoms with Crippen molar-refractivity contribution in [3.63, 3.8) is 0 Å². The van der Waals surface area contributed by atoms with E-state index < -0.39 is 0 Å². The monoisotopic (exact) mass is 249 g/mol. The van der Waals surface area contributed by atoms with Gasteiger partial charge in [-0.05, 0) is 43.5 Å². The quantitative estimate of drug-likeness (QED) is 0.243. The summed E-state index contributed by atoms with van der Waals surface area (Å²) in [6.45, 7) is 4.49. The lowest BCUT2D eigenvalue weighted by molar-refractivity contribution is 0.0953. The average molecular weight is 249 g/mol. The Kier molecular flexibility index (Phi) is 5.17. The highest BCUT2D eigenvalue weighted by molar-refractivity contribution is 5.94. The SMILES string of the molecule is Cc1ccc(C(=O)NCCCC(N)=NO)cc1C. The molecular formula is C13H19N3O2. The second-order valence-corrected chi connectivity index (χ2v) is 4.25. The topological polar surface area (TPSA) is 87.7 Å². The average Bonchev–Trinajstić information content (AvgIpc) is 2.37. The lowest BCUT2D eigenvalue weighted by Gasteiger charge is -2.07. The summed E-state index contributed by atoms with van der Waals surface area (Å²) >= 11 is 0. The van der Waals surface area contributed by atoms with Gasteiger partial charge >= 0.3 is 0 Å². The van der Waals surface area contributed by atoms with Crippen LogP contribution in [0.25, 0.3) is 0 Å². The van der Waals surface area contributed by atoms with Crippen LogP contribution < -0.4 is 11.1 Å². The maximum absolute atomic E-state index is 11.8. The minimum Gasteiger partial charge on any atom is -0.409 e. The van der Waals surface area contributed by atoms with Gasteiger partial charge in [-0.3, -0.25) is 4.79 Å². The van der Waals surface area contributed by atoms with Crippen molar-refractivity contribution in [3.8, 4) is 0 Å². The molecule has 5 heteroatoms. The second-order valence-electron chi connectivity index (χ2n) is 4.25. The highest BCUT2D eigenvalue weighted by atomic mass is 16.4. The number of amides is 1. The van der Waals surface area contributed by atoms with Gasteiger partial charge in [-0.2, -0.15) is 0 Å². The van der Waals surface area contributed by atoms with Crippen LogP contribution in [0.1, 0.15) is 34.3 Å². The number of nitrogens with one attached hydrogen (secondary N) is 1. The lowest BCUT2D eigenvalue weighted by atomic mass is 10.1. The third kappa shape index (κ3) is 4.08. The van der Waals surface area contributed by atoms with E-state index in [0.717, 1.165) is 5.56 Å². The molecule has 98 valence electrons. The molecule has 0 bridgehead atoms. The molecular weight excluding hydrogens is 230 g/mol. The molecule has 1 rings (SSSR count). The van der Waals surface area contributed by atoms with Gasteiger partial charge in [0.1, 0.15) is 5.84 Å². The Morgan fingerprint density at radius 2 is 2.11 bits per heavy atom. The molecule has 0 spiro atoms. The number of rotatable bonds is 5. The van der Waals surface area contributed by atoms with Crippen LogP contribution in [0.2, 0.25) is 0 Å². The van der Waals surface area contributed by atoms with E-state index in [1.807, 2.05) is 26.0 Å². The molecule has 0 saturated heterocycles. The highest BCUT2D eigenvalue weighted by Gasteiger charge is 2.05. The Morgan fingerprint density at radius 3 is 2.72 bits per heavy atom. The molecule has 0 radical (unpaired) electrons. The zero-order valence-corrected chi connectivity index (χ0v) is 10.7. The Bertz CT molecular complexity index is 456. The van der Waals surface area contributed by atoms with Crippen molar-refractivity contribution in [2.24, 2.45) is 10.9 Å². The first-order chi connectivity index (χ1) is 8.54. The number of nitrogens with two attached hydrogens (primary N) is 1. The fourth-order valence-corrected chi connectivity index (χ4v) is 1.51. The smallest absolute Gasteiger partial charge is 0.251 e. The van der Waals surface area contributed by atoms with E-state index in [9.17, 15) is 4.79 Å². The van der Waals surface area contributed by atoms with Crippen LogP contribution >= 0.6 is 0 Å². The number of carbonyl (C=O) groups is 1. The van der Waals surface area contributed by atoms with E-state index in [4.69, 9.17) is 10.9 Å². The lowest BCUT2D eigenvalue weighted by Crippen LogP contribution is -2.25. The number of carbonyl (C=O) groups excluding carboxylic acids is 1. The third-order valence-corrected chi connectivity index (χ3v) is 2.79. The van der Waals surface area contributed by atoms with E-state index >= 15 is 0 Å². The van der Waals surface area contributed by atoms with Gasteiger partial charge in [0.15, 0.2) is 0 Å². The number of oxime groups is 1.